The van der Waals surface area contributed by atoms with Gasteiger partial charge in [0.05, 0.1) is 29.9 Å². The van der Waals surface area contributed by atoms with E-state index in [0.29, 0.717) is 138 Å². The number of ether oxygens (including phenoxy) is 1. The Hall–Kier alpha value is -13.5. The zero-order valence-electron chi connectivity index (χ0n) is 73.0. The minimum Gasteiger partial charge on any atom is -0.481 e. The quantitative estimate of drug-likeness (QED) is 0.0261. The molecule has 2 N–H and O–H groups in total. The van der Waals surface area contributed by atoms with Crippen LogP contribution in [0.2, 0.25) is 5.15 Å². The van der Waals surface area contributed by atoms with E-state index >= 15 is 0 Å². The normalized spacial score (nSPS) is 10.7. The summed E-state index contributed by atoms with van der Waals surface area (Å²) in [6, 6.07) is 57.2. The molecule has 0 spiro atoms. The first-order valence-corrected chi connectivity index (χ1v) is 41.7. The number of benzene rings is 8. The van der Waals surface area contributed by atoms with Crippen LogP contribution in [0.5, 0.6) is 5.88 Å². The molecule has 12 rings (SSSR count). The van der Waals surface area contributed by atoms with E-state index in [2.05, 4.69) is 19.9 Å². The van der Waals surface area contributed by atoms with Crippen LogP contribution in [0.1, 0.15) is 171 Å². The van der Waals surface area contributed by atoms with Gasteiger partial charge in [0.2, 0.25) is 29.5 Å². The number of nitrogens with two attached hydrogens (primary N) is 1. The van der Waals surface area contributed by atoms with E-state index < -0.39 is 23.3 Å². The molecule has 0 saturated heterocycles. The lowest BCUT2D eigenvalue weighted by Gasteiger charge is -2.19. The van der Waals surface area contributed by atoms with Crippen molar-refractivity contribution in [1.82, 2.24) is 19.9 Å². The van der Waals surface area contributed by atoms with Crippen molar-refractivity contribution in [1.29, 1.82) is 0 Å². The Morgan fingerprint density at radius 1 is 0.352 bits per heavy atom. The summed E-state index contributed by atoms with van der Waals surface area (Å²) in [5, 5.41) is 0.415. The van der Waals surface area contributed by atoms with Crippen molar-refractivity contribution in [3.8, 4) is 50.4 Å². The van der Waals surface area contributed by atoms with Crippen LogP contribution < -0.4 is 30.1 Å². The highest BCUT2D eigenvalue weighted by atomic mass is 35.5. The van der Waals surface area contributed by atoms with Gasteiger partial charge in [-0.1, -0.05) is 185 Å². The molecule has 18 nitrogen and oxygen atoms in total. The predicted molar refractivity (Wildman–Crippen MR) is 489 cm³/mol. The fourth-order valence-electron chi connectivity index (χ4n) is 13.9. The van der Waals surface area contributed by atoms with Crippen molar-refractivity contribution in [2.75, 3.05) is 60.6 Å². The number of anilines is 5. The molecule has 0 aliphatic rings. The van der Waals surface area contributed by atoms with E-state index in [1.807, 2.05) is 91.9 Å². The second kappa shape index (κ2) is 45.1. The van der Waals surface area contributed by atoms with E-state index in [9.17, 15) is 55.9 Å². The Bertz CT molecular complexity index is 5660. The van der Waals surface area contributed by atoms with Crippen LogP contribution in [-0.4, -0.2) is 102 Å². The third-order valence-electron chi connectivity index (χ3n) is 21.9. The number of rotatable bonds is 29. The van der Waals surface area contributed by atoms with Crippen LogP contribution in [0.4, 0.5) is 46.1 Å². The summed E-state index contributed by atoms with van der Waals surface area (Å²) in [5.41, 5.74) is 21.8. The average molecular weight is 1710 g/mol. The van der Waals surface area contributed by atoms with Gasteiger partial charge < -0.3 is 30.1 Å². The molecule has 646 valence electrons. The number of carbonyl (C=O) groups excluding carboxylic acids is 8. The largest absolute Gasteiger partial charge is 0.481 e. The van der Waals surface area contributed by atoms with Gasteiger partial charge in [0.15, 0.2) is 23.1 Å². The summed E-state index contributed by atoms with van der Waals surface area (Å²) in [6.45, 7) is 15.7. The maximum Gasteiger partial charge on any atom is 0.226 e. The minimum atomic E-state index is -0.421. The molecular formula is C102H104ClF4N9O9. The third-order valence-corrected chi connectivity index (χ3v) is 22.2. The number of amides is 4. The smallest absolute Gasteiger partial charge is 0.226 e. The Morgan fingerprint density at radius 2 is 0.640 bits per heavy atom. The molecule has 0 atom stereocenters. The molecule has 12 aromatic rings. The van der Waals surface area contributed by atoms with Gasteiger partial charge in [0.1, 0.15) is 34.2 Å². The number of aryl methyl sites for hydroxylation is 5. The first kappa shape index (κ1) is 95.4. The van der Waals surface area contributed by atoms with Crippen molar-refractivity contribution in [2.45, 2.75) is 139 Å². The van der Waals surface area contributed by atoms with Crippen molar-refractivity contribution in [3.63, 3.8) is 0 Å². The number of nitrogen functional groups attached to an aromatic ring is 1. The monoisotopic (exact) mass is 1710 g/mol. The molecule has 0 aliphatic heterocycles. The number of hydrogen-bond acceptors (Lipinski definition) is 14. The summed E-state index contributed by atoms with van der Waals surface area (Å²) in [4.78, 5) is 120. The van der Waals surface area contributed by atoms with Crippen LogP contribution in [0.3, 0.4) is 0 Å². The SMILES string of the molecule is CCC(=O)N(C)c1ccc(-c2ccc(C(=O)CCc3ccc(C)nc3)cc2)c(C)c1F.CCC(=O)N(C)c1ccc(-c2ccc(C(=O)CCc3ccc(N)nc3)cc2)c(C)c1F.CCC(=O)N(C)c1ccc(-c2ccc(C(=O)CCc3ccc(OC)nc3)cc2)c(C)c1F.CCC(=O)N(C)c1ccc(-c2ccc(C(=O)CCc3cccnc3Cl)cc2)c(C)c1F. The minimum absolute atomic E-state index is 0.00410. The van der Waals surface area contributed by atoms with E-state index in [1.54, 1.807) is 225 Å². The van der Waals surface area contributed by atoms with E-state index in [-0.39, 0.29) is 69.5 Å². The summed E-state index contributed by atoms with van der Waals surface area (Å²) in [7, 11) is 7.86. The number of methoxy groups -OCH3 is 1. The lowest BCUT2D eigenvalue weighted by Crippen LogP contribution is -2.26. The van der Waals surface area contributed by atoms with Crippen molar-refractivity contribution >= 4 is 86.9 Å². The zero-order valence-corrected chi connectivity index (χ0v) is 73.7. The number of pyridine rings is 4. The second-order valence-electron chi connectivity index (χ2n) is 30.1. The Labute approximate surface area is 733 Å². The number of hydrogen-bond donors (Lipinski definition) is 1. The highest BCUT2D eigenvalue weighted by Gasteiger charge is 2.24. The summed E-state index contributed by atoms with van der Waals surface area (Å²) >= 11 is 6.05. The van der Waals surface area contributed by atoms with Gasteiger partial charge in [0.25, 0.3) is 0 Å². The van der Waals surface area contributed by atoms with Crippen LogP contribution >= 0.6 is 11.6 Å². The van der Waals surface area contributed by atoms with Crippen LogP contribution in [0, 0.1) is 57.9 Å². The lowest BCUT2D eigenvalue weighted by molar-refractivity contribution is -0.118. The van der Waals surface area contributed by atoms with Crippen molar-refractivity contribution in [3.05, 3.63) is 320 Å². The van der Waals surface area contributed by atoms with Crippen LogP contribution in [0.15, 0.2) is 219 Å². The van der Waals surface area contributed by atoms with Gasteiger partial charge in [0, 0.05) is 138 Å². The highest BCUT2D eigenvalue weighted by molar-refractivity contribution is 6.30. The number of ketones is 4. The maximum absolute atomic E-state index is 15.0. The van der Waals surface area contributed by atoms with Gasteiger partial charge in [-0.05, 0) is 192 Å². The van der Waals surface area contributed by atoms with Crippen molar-refractivity contribution in [2.24, 2.45) is 0 Å². The van der Waals surface area contributed by atoms with Crippen LogP contribution in [0.25, 0.3) is 44.5 Å². The van der Waals surface area contributed by atoms with Gasteiger partial charge in [-0.2, -0.15) is 0 Å². The molecular weight excluding hydrogens is 1610 g/mol. The van der Waals surface area contributed by atoms with Crippen LogP contribution in [-0.2, 0) is 44.9 Å². The molecule has 0 radical (unpaired) electrons. The van der Waals surface area contributed by atoms with Crippen molar-refractivity contribution < 1.29 is 60.7 Å². The maximum atomic E-state index is 15.0. The summed E-state index contributed by atoms with van der Waals surface area (Å²) in [6.07, 6.45) is 11.8. The first-order chi connectivity index (χ1) is 59.8. The molecule has 8 aromatic carbocycles. The lowest BCUT2D eigenvalue weighted by atomic mass is 9.96. The number of Topliss-reactive ketones (excluding diaryl/α,β-unsaturated/α-hetero) is 4. The average Bonchev–Trinajstić information content (AvgIpc) is 0.809. The molecule has 23 heteroatoms. The topological polar surface area (TPSA) is 236 Å². The molecule has 0 bridgehead atoms. The fraction of sp³-hybridized carbons (Fsp3) is 0.255. The number of aromatic nitrogens is 4. The Morgan fingerprint density at radius 3 is 0.896 bits per heavy atom. The molecule has 0 fully saturated rings. The van der Waals surface area contributed by atoms with E-state index in [1.165, 1.54) is 19.6 Å². The van der Waals surface area contributed by atoms with Gasteiger partial charge in [-0.3, -0.25) is 43.3 Å². The van der Waals surface area contributed by atoms with E-state index in [0.717, 1.165) is 72.5 Å². The Kier molecular flexibility index (Phi) is 34.4. The number of carbonyl (C=O) groups is 8. The third kappa shape index (κ3) is 24.7. The summed E-state index contributed by atoms with van der Waals surface area (Å²) < 4.78 is 64.8. The Balaban J connectivity index is 0.000000189. The standard InChI is InChI=1S/C26H27FN2O3.C26H27FN2O2.C25H24ClFN2O2.C25H26FN3O2/c1-5-25(31)29(3)22-13-12-21(17(2)26(22)27)19-8-10-20(11-9-19)23(30)14-6-18-7-15-24(32-4)28-16-18;1-5-25(31)29(4)23-14-13-22(18(3)26(23)27)20-9-11-21(12-10-20)24(30)15-8-19-7-6-17(2)28-16-19;1-4-23(31)29(3)21-13-12-20(16(2)24(21)27)17-7-9-18(10-8-17)22(30)14-11-19-6-5-15-28-25(19)26;1-4-24(31)29(3)21-12-11-20(16(2)25(21)26)18-7-9-19(10-8-18)22(30)13-5-17-6-14-23(27)28-15-17/h7-13,15-16H,5-6,14H2,1-4H3;6-7,9-14,16H,5,8,15H2,1-4H3;5-10,12-13,15H,4,11,14H2,1-3H3;6-12,14-15H,4-5,13H2,1-3H3,(H2,27,28). The molecule has 4 heterocycles. The zero-order chi connectivity index (χ0) is 90.9. The molecule has 0 saturated carbocycles. The molecule has 4 amide bonds. The van der Waals surface area contributed by atoms with Gasteiger partial charge in [-0.15, -0.1) is 0 Å². The fourth-order valence-corrected chi connectivity index (χ4v) is 14.1. The highest BCUT2D eigenvalue weighted by Crippen LogP contribution is 2.37. The molecule has 0 unspecified atom stereocenters. The first-order valence-electron chi connectivity index (χ1n) is 41.3. The van der Waals surface area contributed by atoms with E-state index in [4.69, 9.17) is 22.1 Å². The molecule has 4 aromatic heterocycles. The molecule has 0 aliphatic carbocycles. The summed E-state index contributed by atoms with van der Waals surface area (Å²) in [5.74, 6) is -1.14. The van der Waals surface area contributed by atoms with Gasteiger partial charge in [-0.25, -0.2) is 32.5 Å². The molecule has 125 heavy (non-hydrogen) atoms. The predicted octanol–water partition coefficient (Wildman–Crippen LogP) is 22.1. The van der Waals surface area contributed by atoms with Gasteiger partial charge >= 0.3 is 0 Å². The second-order valence-corrected chi connectivity index (χ2v) is 30.4. The number of halogens is 5. The number of nitrogens with zero attached hydrogens (tertiary/aromatic N) is 8.